The van der Waals surface area contributed by atoms with Crippen molar-refractivity contribution < 1.29 is 10.2 Å². The lowest BCUT2D eigenvalue weighted by molar-refractivity contribution is 0.230. The molecule has 1 aliphatic carbocycles. The predicted octanol–water partition coefficient (Wildman–Crippen LogP) is 0.224. The van der Waals surface area contributed by atoms with E-state index in [0.717, 1.165) is 5.57 Å². The van der Waals surface area contributed by atoms with E-state index in [1.807, 2.05) is 0 Å². The fourth-order valence-corrected chi connectivity index (χ4v) is 0.794. The maximum absolute atomic E-state index is 9.03. The van der Waals surface area contributed by atoms with Gasteiger partial charge in [0.1, 0.15) is 0 Å². The lowest BCUT2D eigenvalue weighted by Gasteiger charge is -2.12. The average molecular weight is 126 g/mol. The van der Waals surface area contributed by atoms with E-state index in [2.05, 4.69) is 0 Å². The molecular formula is C7H10O2. The maximum atomic E-state index is 9.03. The third-order valence-corrected chi connectivity index (χ3v) is 1.39. The molecule has 0 radical (unpaired) electrons. The van der Waals surface area contributed by atoms with Crippen LogP contribution >= 0.6 is 0 Å². The molecule has 2 atom stereocenters. The molecule has 0 aliphatic heterocycles. The largest absolute Gasteiger partial charge is 0.385 e. The smallest absolute Gasteiger partial charge is 0.0931 e. The van der Waals surface area contributed by atoms with E-state index >= 15 is 0 Å². The van der Waals surface area contributed by atoms with Crippen LogP contribution in [-0.2, 0) is 0 Å². The van der Waals surface area contributed by atoms with Crippen LogP contribution in [0.2, 0.25) is 0 Å². The Morgan fingerprint density at radius 2 is 2.00 bits per heavy atom. The van der Waals surface area contributed by atoms with E-state index in [0.29, 0.717) is 0 Å². The van der Waals surface area contributed by atoms with Crippen molar-refractivity contribution in [3.05, 3.63) is 23.8 Å². The van der Waals surface area contributed by atoms with Gasteiger partial charge in [-0.2, -0.15) is 0 Å². The molecule has 2 N–H and O–H groups in total. The number of aliphatic hydroxyl groups is 2. The molecule has 0 heterocycles. The van der Waals surface area contributed by atoms with Gasteiger partial charge >= 0.3 is 0 Å². The first-order valence-electron chi connectivity index (χ1n) is 2.93. The summed E-state index contributed by atoms with van der Waals surface area (Å²) in [5, 5.41) is 18.0. The van der Waals surface area contributed by atoms with Gasteiger partial charge < -0.3 is 10.2 Å². The zero-order valence-corrected chi connectivity index (χ0v) is 5.28. The van der Waals surface area contributed by atoms with Crippen molar-refractivity contribution in [2.75, 3.05) is 0 Å². The monoisotopic (exact) mass is 126 g/mol. The summed E-state index contributed by atoms with van der Waals surface area (Å²) in [6, 6.07) is 0. The van der Waals surface area contributed by atoms with Crippen molar-refractivity contribution >= 4 is 0 Å². The molecule has 0 spiro atoms. The summed E-state index contributed by atoms with van der Waals surface area (Å²) in [7, 11) is 0. The first-order valence-corrected chi connectivity index (χ1v) is 2.93. The maximum Gasteiger partial charge on any atom is 0.0931 e. The second-order valence-corrected chi connectivity index (χ2v) is 2.23. The first kappa shape index (κ1) is 6.52. The molecule has 0 amide bonds. The third-order valence-electron chi connectivity index (χ3n) is 1.39. The van der Waals surface area contributed by atoms with E-state index < -0.39 is 12.2 Å². The second-order valence-electron chi connectivity index (χ2n) is 2.23. The van der Waals surface area contributed by atoms with Gasteiger partial charge in [-0.15, -0.1) is 0 Å². The van der Waals surface area contributed by atoms with E-state index in [1.54, 1.807) is 25.2 Å². The van der Waals surface area contributed by atoms with Gasteiger partial charge in [0.05, 0.1) is 12.2 Å². The van der Waals surface area contributed by atoms with Crippen molar-refractivity contribution in [1.82, 2.24) is 0 Å². The quantitative estimate of drug-likeness (QED) is 0.456. The molecule has 9 heavy (non-hydrogen) atoms. The highest BCUT2D eigenvalue weighted by molar-refractivity contribution is 5.22. The predicted molar refractivity (Wildman–Crippen MR) is 34.9 cm³/mol. The molecular weight excluding hydrogens is 116 g/mol. The van der Waals surface area contributed by atoms with Crippen LogP contribution in [0.4, 0.5) is 0 Å². The van der Waals surface area contributed by atoms with Crippen molar-refractivity contribution in [3.8, 4) is 0 Å². The van der Waals surface area contributed by atoms with Crippen LogP contribution in [0, 0.1) is 0 Å². The topological polar surface area (TPSA) is 40.5 Å². The Morgan fingerprint density at radius 1 is 1.33 bits per heavy atom. The van der Waals surface area contributed by atoms with E-state index in [4.69, 9.17) is 10.2 Å². The molecule has 0 saturated carbocycles. The summed E-state index contributed by atoms with van der Waals surface area (Å²) < 4.78 is 0. The van der Waals surface area contributed by atoms with E-state index in [-0.39, 0.29) is 0 Å². The highest BCUT2D eigenvalue weighted by Crippen LogP contribution is 2.10. The molecule has 0 bridgehead atoms. The third kappa shape index (κ3) is 1.40. The van der Waals surface area contributed by atoms with Crippen LogP contribution in [-0.4, -0.2) is 22.4 Å². The van der Waals surface area contributed by atoms with E-state index in [1.165, 1.54) is 0 Å². The Labute approximate surface area is 54.1 Å². The van der Waals surface area contributed by atoms with Gasteiger partial charge in [-0.05, 0) is 12.5 Å². The van der Waals surface area contributed by atoms with Crippen molar-refractivity contribution in [3.63, 3.8) is 0 Å². The molecule has 0 aromatic heterocycles. The van der Waals surface area contributed by atoms with Gasteiger partial charge in [0, 0.05) is 0 Å². The Bertz CT molecular complexity index is 158. The molecule has 2 nitrogen and oxygen atoms in total. The van der Waals surface area contributed by atoms with Crippen molar-refractivity contribution in [2.45, 2.75) is 19.1 Å². The second kappa shape index (κ2) is 2.33. The minimum Gasteiger partial charge on any atom is -0.385 e. The summed E-state index contributed by atoms with van der Waals surface area (Å²) in [4.78, 5) is 0. The Hall–Kier alpha value is -0.600. The fourth-order valence-electron chi connectivity index (χ4n) is 0.794. The molecule has 0 aromatic carbocycles. The zero-order chi connectivity index (χ0) is 6.85. The molecule has 1 aliphatic rings. The number of hydrogen-bond donors (Lipinski definition) is 2. The minimum absolute atomic E-state index is 0.492. The standard InChI is InChI=1S/C7H10O2/c1-5-4-6(8)2-3-7(5)9/h2-4,6-9H,1H3/t6-,7-/m0/s1. The normalized spacial score (nSPS) is 34.3. The van der Waals surface area contributed by atoms with Crippen LogP contribution < -0.4 is 0 Å². The number of aliphatic hydroxyl groups excluding tert-OH is 2. The average Bonchev–Trinajstić information content (AvgIpc) is 1.80. The van der Waals surface area contributed by atoms with E-state index in [9.17, 15) is 0 Å². The minimum atomic E-state index is -0.506. The fraction of sp³-hybridized carbons (Fsp3) is 0.429. The number of hydrogen-bond acceptors (Lipinski definition) is 2. The molecule has 2 heteroatoms. The summed E-state index contributed by atoms with van der Waals surface area (Å²) >= 11 is 0. The summed E-state index contributed by atoms with van der Waals surface area (Å²) in [6.07, 6.45) is 3.78. The van der Waals surface area contributed by atoms with Crippen LogP contribution in [0.5, 0.6) is 0 Å². The lowest BCUT2D eigenvalue weighted by atomic mass is 10.0. The summed E-state index contributed by atoms with van der Waals surface area (Å²) in [5.41, 5.74) is 0.810. The van der Waals surface area contributed by atoms with Gasteiger partial charge in [-0.1, -0.05) is 18.2 Å². The number of rotatable bonds is 0. The highest BCUT2D eigenvalue weighted by atomic mass is 16.3. The van der Waals surface area contributed by atoms with Crippen LogP contribution in [0.3, 0.4) is 0 Å². The Kier molecular flexibility index (Phi) is 1.69. The molecule has 0 saturated heterocycles. The molecule has 0 aromatic rings. The Morgan fingerprint density at radius 3 is 2.44 bits per heavy atom. The van der Waals surface area contributed by atoms with Crippen LogP contribution in [0.15, 0.2) is 23.8 Å². The molecule has 0 unspecified atom stereocenters. The van der Waals surface area contributed by atoms with Gasteiger partial charge in [0.2, 0.25) is 0 Å². The van der Waals surface area contributed by atoms with Gasteiger partial charge in [0.15, 0.2) is 0 Å². The van der Waals surface area contributed by atoms with Gasteiger partial charge in [-0.25, -0.2) is 0 Å². The van der Waals surface area contributed by atoms with Crippen LogP contribution in [0.1, 0.15) is 6.92 Å². The molecule has 0 fully saturated rings. The molecule has 50 valence electrons. The highest BCUT2D eigenvalue weighted by Gasteiger charge is 2.08. The lowest BCUT2D eigenvalue weighted by Crippen LogP contribution is -2.13. The SMILES string of the molecule is CC1=C[C@@H](O)C=C[C@@H]1O. The summed E-state index contributed by atoms with van der Waals surface area (Å²) in [5.74, 6) is 0. The van der Waals surface area contributed by atoms with Gasteiger partial charge in [-0.3, -0.25) is 0 Å². The molecule has 1 rings (SSSR count). The summed E-state index contributed by atoms with van der Waals surface area (Å²) in [6.45, 7) is 1.79. The zero-order valence-electron chi connectivity index (χ0n) is 5.28. The van der Waals surface area contributed by atoms with Crippen LogP contribution in [0.25, 0.3) is 0 Å². The van der Waals surface area contributed by atoms with Crippen molar-refractivity contribution in [2.24, 2.45) is 0 Å². The van der Waals surface area contributed by atoms with Gasteiger partial charge in [0.25, 0.3) is 0 Å². The Balaban J connectivity index is 2.70. The first-order chi connectivity index (χ1) is 4.20. The van der Waals surface area contributed by atoms with Crippen molar-refractivity contribution in [1.29, 1.82) is 0 Å².